The Labute approximate surface area is 115 Å². The highest BCUT2D eigenvalue weighted by Crippen LogP contribution is 2.33. The number of hydrogen-bond acceptors (Lipinski definition) is 6. The molecule has 0 amide bonds. The van der Waals surface area contributed by atoms with Crippen LogP contribution in [0.25, 0.3) is 4.96 Å². The van der Waals surface area contributed by atoms with E-state index in [2.05, 4.69) is 15.3 Å². The van der Waals surface area contributed by atoms with Crippen molar-refractivity contribution in [2.75, 3.05) is 6.54 Å². The van der Waals surface area contributed by atoms with Gasteiger partial charge in [0.25, 0.3) is 0 Å². The summed E-state index contributed by atoms with van der Waals surface area (Å²) < 4.78 is 1.82. The van der Waals surface area contributed by atoms with Gasteiger partial charge in [0.1, 0.15) is 11.1 Å². The highest BCUT2D eigenvalue weighted by molar-refractivity contribution is 7.16. The molecule has 3 N–H and O–H groups in total. The minimum atomic E-state index is -0.587. The molecule has 104 valence electrons. The number of nitrogens with two attached hydrogens (primary N) is 1. The van der Waals surface area contributed by atoms with Crippen LogP contribution in [-0.4, -0.2) is 31.5 Å². The number of nitrogens with zero attached hydrogens (tertiary/aromatic N) is 4. The van der Waals surface area contributed by atoms with Crippen molar-refractivity contribution >= 4 is 16.3 Å². The average molecular weight is 281 g/mol. The van der Waals surface area contributed by atoms with Crippen molar-refractivity contribution in [2.45, 2.75) is 50.5 Å². The van der Waals surface area contributed by atoms with Gasteiger partial charge < -0.3 is 10.8 Å². The number of rotatable bonds is 4. The van der Waals surface area contributed by atoms with Gasteiger partial charge in [0.15, 0.2) is 5.82 Å². The molecule has 1 saturated carbocycles. The Hall–Kier alpha value is -1.05. The largest absolute Gasteiger partial charge is 0.386 e. The van der Waals surface area contributed by atoms with Gasteiger partial charge in [-0.3, -0.25) is 0 Å². The van der Waals surface area contributed by atoms with Gasteiger partial charge in [0.05, 0.1) is 0 Å². The van der Waals surface area contributed by atoms with Crippen molar-refractivity contribution < 1.29 is 5.11 Å². The SMILES string of the molecule is NCCC(O)c1nn2c(C3CCCCC3)nnc2s1. The molecule has 7 heteroatoms. The molecular formula is C12H19N5OS. The maximum Gasteiger partial charge on any atom is 0.234 e. The first-order valence-corrected chi connectivity index (χ1v) is 7.71. The molecule has 1 fully saturated rings. The molecule has 6 nitrogen and oxygen atoms in total. The smallest absolute Gasteiger partial charge is 0.234 e. The molecule has 19 heavy (non-hydrogen) atoms. The first-order valence-electron chi connectivity index (χ1n) is 6.89. The summed E-state index contributed by atoms with van der Waals surface area (Å²) in [5, 5.41) is 23.6. The van der Waals surface area contributed by atoms with E-state index in [1.54, 1.807) is 0 Å². The van der Waals surface area contributed by atoms with E-state index in [0.29, 0.717) is 23.9 Å². The number of aliphatic hydroxyl groups is 1. The molecule has 0 spiro atoms. The van der Waals surface area contributed by atoms with E-state index < -0.39 is 6.10 Å². The minimum absolute atomic E-state index is 0.455. The Morgan fingerprint density at radius 2 is 2.11 bits per heavy atom. The molecule has 1 atom stereocenters. The minimum Gasteiger partial charge on any atom is -0.386 e. The summed E-state index contributed by atoms with van der Waals surface area (Å²) in [5.74, 6) is 1.42. The predicted octanol–water partition coefficient (Wildman–Crippen LogP) is 1.62. The van der Waals surface area contributed by atoms with Crippen molar-refractivity contribution in [2.24, 2.45) is 5.73 Å². The summed E-state index contributed by atoms with van der Waals surface area (Å²) in [6.45, 7) is 0.455. The van der Waals surface area contributed by atoms with Crippen LogP contribution >= 0.6 is 11.3 Å². The van der Waals surface area contributed by atoms with Gasteiger partial charge in [0.2, 0.25) is 4.96 Å². The van der Waals surface area contributed by atoms with Crippen LogP contribution in [0.2, 0.25) is 0 Å². The van der Waals surface area contributed by atoms with Gasteiger partial charge in [-0.2, -0.15) is 9.61 Å². The van der Waals surface area contributed by atoms with Gasteiger partial charge in [-0.05, 0) is 25.8 Å². The Bertz CT molecular complexity index is 545. The zero-order chi connectivity index (χ0) is 13.2. The second kappa shape index (κ2) is 5.52. The van der Waals surface area contributed by atoms with Crippen LogP contribution in [0.5, 0.6) is 0 Å². The summed E-state index contributed by atoms with van der Waals surface area (Å²) in [7, 11) is 0. The summed E-state index contributed by atoms with van der Waals surface area (Å²) in [5.41, 5.74) is 5.47. The maximum absolute atomic E-state index is 9.95. The van der Waals surface area contributed by atoms with E-state index in [9.17, 15) is 5.11 Å². The number of hydrogen-bond donors (Lipinski definition) is 2. The number of fused-ring (bicyclic) bond motifs is 1. The zero-order valence-electron chi connectivity index (χ0n) is 10.8. The van der Waals surface area contributed by atoms with E-state index >= 15 is 0 Å². The average Bonchev–Trinajstić information content (AvgIpc) is 2.99. The molecule has 0 bridgehead atoms. The van der Waals surface area contributed by atoms with Crippen LogP contribution in [0.1, 0.15) is 61.4 Å². The molecule has 0 aliphatic heterocycles. The number of aliphatic hydroxyl groups excluding tert-OH is 1. The first kappa shape index (κ1) is 13.0. The van der Waals surface area contributed by atoms with Crippen molar-refractivity contribution in [1.82, 2.24) is 19.8 Å². The van der Waals surface area contributed by atoms with Crippen LogP contribution in [0.4, 0.5) is 0 Å². The predicted molar refractivity (Wildman–Crippen MR) is 73.1 cm³/mol. The lowest BCUT2D eigenvalue weighted by molar-refractivity contribution is 0.168. The molecule has 2 heterocycles. The monoisotopic (exact) mass is 281 g/mol. The van der Waals surface area contributed by atoms with Gasteiger partial charge >= 0.3 is 0 Å². The topological polar surface area (TPSA) is 89.3 Å². The lowest BCUT2D eigenvalue weighted by Crippen LogP contribution is -2.10. The van der Waals surface area contributed by atoms with E-state index in [-0.39, 0.29) is 0 Å². The van der Waals surface area contributed by atoms with Gasteiger partial charge in [-0.15, -0.1) is 10.2 Å². The fourth-order valence-corrected chi connectivity index (χ4v) is 3.54. The van der Waals surface area contributed by atoms with Crippen LogP contribution in [0, 0.1) is 0 Å². The molecular weight excluding hydrogens is 262 g/mol. The van der Waals surface area contributed by atoms with Gasteiger partial charge in [0, 0.05) is 5.92 Å². The van der Waals surface area contributed by atoms with Crippen molar-refractivity contribution in [3.05, 3.63) is 10.8 Å². The Morgan fingerprint density at radius 3 is 2.84 bits per heavy atom. The van der Waals surface area contributed by atoms with Gasteiger partial charge in [-0.25, -0.2) is 0 Å². The van der Waals surface area contributed by atoms with E-state index in [0.717, 1.165) is 10.8 Å². The lowest BCUT2D eigenvalue weighted by Gasteiger charge is -2.18. The van der Waals surface area contributed by atoms with Crippen molar-refractivity contribution in [1.29, 1.82) is 0 Å². The zero-order valence-corrected chi connectivity index (χ0v) is 11.6. The normalized spacial score (nSPS) is 19.1. The fraction of sp³-hybridized carbons (Fsp3) is 0.750. The Balaban J connectivity index is 1.89. The molecule has 2 aromatic rings. The first-order chi connectivity index (χ1) is 9.29. The van der Waals surface area contributed by atoms with Crippen LogP contribution in [0.15, 0.2) is 0 Å². The van der Waals surface area contributed by atoms with Crippen LogP contribution in [-0.2, 0) is 0 Å². The van der Waals surface area contributed by atoms with E-state index in [4.69, 9.17) is 5.73 Å². The van der Waals surface area contributed by atoms with Crippen LogP contribution in [0.3, 0.4) is 0 Å². The molecule has 1 aliphatic carbocycles. The molecule has 2 aromatic heterocycles. The third kappa shape index (κ3) is 2.50. The maximum atomic E-state index is 9.95. The summed E-state index contributed by atoms with van der Waals surface area (Å²) in [4.78, 5) is 0.770. The van der Waals surface area contributed by atoms with Crippen molar-refractivity contribution in [3.63, 3.8) is 0 Å². The summed E-state index contributed by atoms with van der Waals surface area (Å²) in [6.07, 6.45) is 6.10. The van der Waals surface area contributed by atoms with Gasteiger partial charge in [-0.1, -0.05) is 30.6 Å². The van der Waals surface area contributed by atoms with Crippen LogP contribution < -0.4 is 5.73 Å². The summed E-state index contributed by atoms with van der Waals surface area (Å²) in [6, 6.07) is 0. The Kier molecular flexibility index (Phi) is 3.76. The molecule has 3 rings (SSSR count). The third-order valence-electron chi connectivity index (χ3n) is 3.73. The standard InChI is InChI=1S/C12H19N5OS/c13-7-6-9(18)11-16-17-10(14-15-12(17)19-11)8-4-2-1-3-5-8/h8-9,18H,1-7,13H2. The molecule has 0 saturated heterocycles. The van der Waals surface area contributed by atoms with E-state index in [1.165, 1.54) is 43.4 Å². The highest BCUT2D eigenvalue weighted by Gasteiger charge is 2.23. The second-order valence-corrected chi connectivity index (χ2v) is 6.11. The lowest BCUT2D eigenvalue weighted by atomic mass is 9.89. The molecule has 1 unspecified atom stereocenters. The van der Waals surface area contributed by atoms with Crippen molar-refractivity contribution in [3.8, 4) is 0 Å². The third-order valence-corrected chi connectivity index (χ3v) is 4.73. The second-order valence-electron chi connectivity index (χ2n) is 5.12. The molecule has 0 radical (unpaired) electrons. The number of aromatic nitrogens is 4. The fourth-order valence-electron chi connectivity index (χ4n) is 2.68. The van der Waals surface area contributed by atoms with E-state index in [1.807, 2.05) is 4.52 Å². The molecule has 1 aliphatic rings. The quantitative estimate of drug-likeness (QED) is 0.888. The summed E-state index contributed by atoms with van der Waals surface area (Å²) >= 11 is 1.40. The Morgan fingerprint density at radius 1 is 1.32 bits per heavy atom. The highest BCUT2D eigenvalue weighted by atomic mass is 32.1. The molecule has 0 aromatic carbocycles.